The number of hydrogen-bond donors (Lipinski definition) is 1. The van der Waals surface area contributed by atoms with Crippen LogP contribution in [0, 0.1) is 17.0 Å². The summed E-state index contributed by atoms with van der Waals surface area (Å²) in [5.41, 5.74) is 5.56. The van der Waals surface area contributed by atoms with Crippen LogP contribution in [0.4, 0.5) is 8.78 Å². The summed E-state index contributed by atoms with van der Waals surface area (Å²) < 4.78 is 27.1. The van der Waals surface area contributed by atoms with Gasteiger partial charge < -0.3 is 5.73 Å². The molecule has 4 heteroatoms. The van der Waals surface area contributed by atoms with E-state index in [1.54, 1.807) is 0 Å². The number of carbonyl (C=O) groups is 1. The molecule has 0 amide bonds. The van der Waals surface area contributed by atoms with Gasteiger partial charge >= 0.3 is 0 Å². The zero-order valence-corrected chi connectivity index (χ0v) is 11.6. The minimum absolute atomic E-state index is 0.124. The third-order valence-electron chi connectivity index (χ3n) is 4.36. The molecule has 2 N–H and O–H groups in total. The molecule has 0 atom stereocenters. The first kappa shape index (κ1) is 15.1. The van der Waals surface area contributed by atoms with Gasteiger partial charge in [0.2, 0.25) is 0 Å². The lowest BCUT2D eigenvalue weighted by Gasteiger charge is -2.35. The maximum atomic E-state index is 13.5. The summed E-state index contributed by atoms with van der Waals surface area (Å²) >= 11 is 0. The van der Waals surface area contributed by atoms with Crippen molar-refractivity contribution in [1.29, 1.82) is 0 Å². The third-order valence-corrected chi connectivity index (χ3v) is 4.36. The SMILES string of the molecule is NCC1(CC(=O)Cc2c(F)cccc2F)CCCCC1. The van der Waals surface area contributed by atoms with Crippen molar-refractivity contribution in [2.45, 2.75) is 44.9 Å². The Morgan fingerprint density at radius 3 is 2.30 bits per heavy atom. The molecule has 0 radical (unpaired) electrons. The summed E-state index contributed by atoms with van der Waals surface area (Å²) in [5.74, 6) is -1.42. The van der Waals surface area contributed by atoms with Crippen molar-refractivity contribution >= 4 is 5.78 Å². The fourth-order valence-electron chi connectivity index (χ4n) is 3.13. The number of rotatable bonds is 5. The maximum absolute atomic E-state index is 13.5. The summed E-state index contributed by atoms with van der Waals surface area (Å²) in [6, 6.07) is 3.68. The van der Waals surface area contributed by atoms with Gasteiger partial charge in [0.1, 0.15) is 17.4 Å². The number of nitrogens with two attached hydrogens (primary N) is 1. The number of benzene rings is 1. The van der Waals surface area contributed by atoms with E-state index in [9.17, 15) is 13.6 Å². The van der Waals surface area contributed by atoms with Gasteiger partial charge in [0.15, 0.2) is 0 Å². The maximum Gasteiger partial charge on any atom is 0.138 e. The minimum Gasteiger partial charge on any atom is -0.330 e. The summed E-state index contributed by atoms with van der Waals surface area (Å²) in [7, 11) is 0. The molecular formula is C16H21F2NO. The first-order valence-corrected chi connectivity index (χ1v) is 7.21. The van der Waals surface area contributed by atoms with E-state index in [0.717, 1.165) is 25.7 Å². The molecule has 110 valence electrons. The largest absolute Gasteiger partial charge is 0.330 e. The highest BCUT2D eigenvalue weighted by atomic mass is 19.1. The summed E-state index contributed by atoms with van der Waals surface area (Å²) in [6.45, 7) is 0.471. The van der Waals surface area contributed by atoms with Gasteiger partial charge in [-0.1, -0.05) is 25.3 Å². The van der Waals surface area contributed by atoms with Crippen LogP contribution in [-0.2, 0) is 11.2 Å². The van der Waals surface area contributed by atoms with Crippen LogP contribution in [-0.4, -0.2) is 12.3 Å². The second kappa shape index (κ2) is 6.44. The fraction of sp³-hybridized carbons (Fsp3) is 0.562. The van der Waals surface area contributed by atoms with Crippen molar-refractivity contribution in [3.05, 3.63) is 35.4 Å². The average molecular weight is 281 g/mol. The van der Waals surface area contributed by atoms with Crippen molar-refractivity contribution < 1.29 is 13.6 Å². The Balaban J connectivity index is 2.05. The molecule has 2 rings (SSSR count). The van der Waals surface area contributed by atoms with E-state index in [1.807, 2.05) is 0 Å². The van der Waals surface area contributed by atoms with Crippen molar-refractivity contribution in [3.8, 4) is 0 Å². The van der Waals surface area contributed by atoms with Crippen LogP contribution >= 0.6 is 0 Å². The van der Waals surface area contributed by atoms with Crippen LogP contribution in [0.5, 0.6) is 0 Å². The number of ketones is 1. The molecule has 1 aromatic rings. The molecule has 20 heavy (non-hydrogen) atoms. The van der Waals surface area contributed by atoms with Crippen LogP contribution in [0.3, 0.4) is 0 Å². The molecule has 1 aliphatic rings. The standard InChI is InChI=1S/C16H21F2NO/c17-14-5-4-6-15(18)13(14)9-12(20)10-16(11-19)7-2-1-3-8-16/h4-6H,1-3,7-11,19H2. The molecule has 1 aliphatic carbocycles. The Hall–Kier alpha value is -1.29. The van der Waals surface area contributed by atoms with Gasteiger partial charge in [-0.2, -0.15) is 0 Å². The van der Waals surface area contributed by atoms with Crippen LogP contribution in [0.1, 0.15) is 44.1 Å². The van der Waals surface area contributed by atoms with Gasteiger partial charge in [-0.25, -0.2) is 8.78 Å². The lowest BCUT2D eigenvalue weighted by Crippen LogP contribution is -2.35. The smallest absolute Gasteiger partial charge is 0.138 e. The van der Waals surface area contributed by atoms with Crippen LogP contribution in [0.25, 0.3) is 0 Å². The summed E-state index contributed by atoms with van der Waals surface area (Å²) in [6.07, 6.45) is 5.37. The van der Waals surface area contributed by atoms with Crippen molar-refractivity contribution in [3.63, 3.8) is 0 Å². The van der Waals surface area contributed by atoms with E-state index < -0.39 is 11.6 Å². The van der Waals surface area contributed by atoms with E-state index in [2.05, 4.69) is 0 Å². The molecule has 0 saturated heterocycles. The summed E-state index contributed by atoms with van der Waals surface area (Å²) in [4.78, 5) is 12.2. The molecule has 0 unspecified atom stereocenters. The highest BCUT2D eigenvalue weighted by Gasteiger charge is 2.33. The predicted octanol–water partition coefficient (Wildman–Crippen LogP) is 3.38. The second-order valence-electron chi connectivity index (χ2n) is 5.86. The molecule has 0 spiro atoms. The molecular weight excluding hydrogens is 260 g/mol. The van der Waals surface area contributed by atoms with Crippen molar-refractivity contribution in [2.75, 3.05) is 6.54 Å². The zero-order valence-electron chi connectivity index (χ0n) is 11.6. The highest BCUT2D eigenvalue weighted by molar-refractivity contribution is 5.81. The Morgan fingerprint density at radius 2 is 1.75 bits per heavy atom. The van der Waals surface area contributed by atoms with E-state index in [-0.39, 0.29) is 23.2 Å². The lowest BCUT2D eigenvalue weighted by atomic mass is 9.70. The molecule has 0 aromatic heterocycles. The fourth-order valence-corrected chi connectivity index (χ4v) is 3.13. The molecule has 0 bridgehead atoms. The first-order chi connectivity index (χ1) is 9.56. The molecule has 0 aliphatic heterocycles. The van der Waals surface area contributed by atoms with Crippen LogP contribution in [0.15, 0.2) is 18.2 Å². The van der Waals surface area contributed by atoms with Crippen molar-refractivity contribution in [2.24, 2.45) is 11.1 Å². The predicted molar refractivity (Wildman–Crippen MR) is 74.3 cm³/mol. The first-order valence-electron chi connectivity index (χ1n) is 7.21. The topological polar surface area (TPSA) is 43.1 Å². The number of halogens is 2. The Bertz CT molecular complexity index is 461. The van der Waals surface area contributed by atoms with Crippen LogP contribution in [0.2, 0.25) is 0 Å². The van der Waals surface area contributed by atoms with Gasteiger partial charge in [-0.3, -0.25) is 4.79 Å². The molecule has 1 saturated carbocycles. The summed E-state index contributed by atoms with van der Waals surface area (Å²) in [5, 5.41) is 0. The minimum atomic E-state index is -0.649. The van der Waals surface area contributed by atoms with E-state index >= 15 is 0 Å². The number of hydrogen-bond acceptors (Lipinski definition) is 2. The highest BCUT2D eigenvalue weighted by Crippen LogP contribution is 2.38. The number of carbonyl (C=O) groups excluding carboxylic acids is 1. The Morgan fingerprint density at radius 1 is 1.15 bits per heavy atom. The zero-order chi connectivity index (χ0) is 14.6. The normalized spacial score (nSPS) is 17.9. The van der Waals surface area contributed by atoms with Gasteiger partial charge in [0.25, 0.3) is 0 Å². The van der Waals surface area contributed by atoms with Gasteiger partial charge in [0.05, 0.1) is 0 Å². The Labute approximate surface area is 118 Å². The van der Waals surface area contributed by atoms with E-state index in [0.29, 0.717) is 13.0 Å². The second-order valence-corrected chi connectivity index (χ2v) is 5.86. The Kier molecular flexibility index (Phi) is 4.86. The lowest BCUT2D eigenvalue weighted by molar-refractivity contribution is -0.121. The van der Waals surface area contributed by atoms with Gasteiger partial charge in [0, 0.05) is 18.4 Å². The third kappa shape index (κ3) is 3.42. The van der Waals surface area contributed by atoms with Gasteiger partial charge in [-0.05, 0) is 36.9 Å². The van der Waals surface area contributed by atoms with Gasteiger partial charge in [-0.15, -0.1) is 0 Å². The molecule has 1 fully saturated rings. The van der Waals surface area contributed by atoms with Crippen LogP contribution < -0.4 is 5.73 Å². The average Bonchev–Trinajstić information content (AvgIpc) is 2.44. The molecule has 0 heterocycles. The van der Waals surface area contributed by atoms with E-state index in [1.165, 1.54) is 24.6 Å². The van der Waals surface area contributed by atoms with E-state index in [4.69, 9.17) is 5.73 Å². The molecule has 2 nitrogen and oxygen atoms in total. The van der Waals surface area contributed by atoms with Crippen molar-refractivity contribution in [1.82, 2.24) is 0 Å². The molecule has 1 aromatic carbocycles. The number of Topliss-reactive ketones (excluding diaryl/α,β-unsaturated/α-hetero) is 1. The monoisotopic (exact) mass is 281 g/mol. The quantitative estimate of drug-likeness (QED) is 0.899.